The van der Waals surface area contributed by atoms with Crippen molar-refractivity contribution in [2.45, 2.75) is 45.8 Å². The SMILES string of the molecule is CCC(COC)NC(=O)OC(C)(C)C. The smallest absolute Gasteiger partial charge is 0.407 e. The van der Waals surface area contributed by atoms with Gasteiger partial charge in [0.25, 0.3) is 0 Å². The number of alkyl carbamates (subject to hydrolysis) is 1. The lowest BCUT2D eigenvalue weighted by Gasteiger charge is -2.22. The molecule has 0 heterocycles. The largest absolute Gasteiger partial charge is 0.444 e. The first-order chi connectivity index (χ1) is 6.39. The molecule has 1 N–H and O–H groups in total. The summed E-state index contributed by atoms with van der Waals surface area (Å²) in [5.41, 5.74) is -0.449. The molecule has 0 fully saturated rings. The van der Waals surface area contributed by atoms with Gasteiger partial charge in [-0.1, -0.05) is 6.92 Å². The molecule has 0 aliphatic rings. The summed E-state index contributed by atoms with van der Waals surface area (Å²) < 4.78 is 10.1. The molecule has 0 bridgehead atoms. The number of nitrogens with one attached hydrogen (secondary N) is 1. The zero-order valence-electron chi connectivity index (χ0n) is 9.72. The van der Waals surface area contributed by atoms with Gasteiger partial charge in [0, 0.05) is 7.11 Å². The van der Waals surface area contributed by atoms with Crippen LogP contribution in [0.4, 0.5) is 4.79 Å². The second kappa shape index (κ2) is 5.86. The maximum atomic E-state index is 11.3. The van der Waals surface area contributed by atoms with E-state index in [0.717, 1.165) is 6.42 Å². The van der Waals surface area contributed by atoms with Crippen LogP contribution in [0.1, 0.15) is 34.1 Å². The third kappa shape index (κ3) is 6.71. The number of amides is 1. The highest BCUT2D eigenvalue weighted by atomic mass is 16.6. The summed E-state index contributed by atoms with van der Waals surface area (Å²) in [6.07, 6.45) is 0.439. The minimum Gasteiger partial charge on any atom is -0.444 e. The number of methoxy groups -OCH3 is 1. The summed E-state index contributed by atoms with van der Waals surface area (Å²) in [6.45, 7) is 8.01. The van der Waals surface area contributed by atoms with Crippen LogP contribution >= 0.6 is 0 Å². The summed E-state index contributed by atoms with van der Waals surface area (Å²) >= 11 is 0. The lowest BCUT2D eigenvalue weighted by Crippen LogP contribution is -2.40. The standard InChI is InChI=1S/C10H21NO3/c1-6-8(7-13-5)11-9(12)14-10(2,3)4/h8H,6-7H2,1-5H3,(H,11,12). The Hall–Kier alpha value is -0.770. The van der Waals surface area contributed by atoms with E-state index in [0.29, 0.717) is 6.61 Å². The van der Waals surface area contributed by atoms with Gasteiger partial charge in [0.05, 0.1) is 12.6 Å². The van der Waals surface area contributed by atoms with Crippen molar-refractivity contribution >= 4 is 6.09 Å². The van der Waals surface area contributed by atoms with E-state index in [4.69, 9.17) is 9.47 Å². The molecule has 4 heteroatoms. The minimum atomic E-state index is -0.449. The summed E-state index contributed by atoms with van der Waals surface area (Å²) in [5, 5.41) is 2.74. The Balaban J connectivity index is 3.91. The van der Waals surface area contributed by atoms with E-state index in [2.05, 4.69) is 5.32 Å². The Morgan fingerprint density at radius 3 is 2.36 bits per heavy atom. The fourth-order valence-electron chi connectivity index (χ4n) is 0.937. The van der Waals surface area contributed by atoms with Crippen LogP contribution in [-0.4, -0.2) is 31.5 Å². The van der Waals surface area contributed by atoms with Crippen molar-refractivity contribution in [3.8, 4) is 0 Å². The van der Waals surface area contributed by atoms with E-state index in [1.54, 1.807) is 7.11 Å². The molecular formula is C10H21NO3. The van der Waals surface area contributed by atoms with Crippen LogP contribution in [0.2, 0.25) is 0 Å². The van der Waals surface area contributed by atoms with Crippen molar-refractivity contribution in [1.82, 2.24) is 5.32 Å². The monoisotopic (exact) mass is 203 g/mol. The van der Waals surface area contributed by atoms with Crippen molar-refractivity contribution in [3.05, 3.63) is 0 Å². The van der Waals surface area contributed by atoms with Gasteiger partial charge in [0.15, 0.2) is 0 Å². The van der Waals surface area contributed by atoms with Gasteiger partial charge in [0.1, 0.15) is 5.60 Å². The molecule has 0 aliphatic heterocycles. The van der Waals surface area contributed by atoms with Crippen molar-refractivity contribution in [2.75, 3.05) is 13.7 Å². The summed E-state index contributed by atoms with van der Waals surface area (Å²) in [6, 6.07) is 0.0230. The third-order valence-corrected chi connectivity index (χ3v) is 1.58. The van der Waals surface area contributed by atoms with Crippen LogP contribution in [0, 0.1) is 0 Å². The van der Waals surface area contributed by atoms with E-state index in [1.165, 1.54) is 0 Å². The molecule has 0 saturated heterocycles. The van der Waals surface area contributed by atoms with Crippen LogP contribution in [0.5, 0.6) is 0 Å². The van der Waals surface area contributed by atoms with Gasteiger partial charge in [-0.25, -0.2) is 4.79 Å². The molecule has 0 spiro atoms. The second-order valence-electron chi connectivity index (χ2n) is 4.21. The molecule has 1 atom stereocenters. The maximum absolute atomic E-state index is 11.3. The Morgan fingerprint density at radius 1 is 1.43 bits per heavy atom. The molecule has 84 valence electrons. The Bertz CT molecular complexity index is 175. The molecule has 0 aromatic carbocycles. The first-order valence-electron chi connectivity index (χ1n) is 4.87. The average Bonchev–Trinajstić information content (AvgIpc) is 2.00. The number of hydrogen-bond acceptors (Lipinski definition) is 3. The number of carbonyl (C=O) groups excluding carboxylic acids is 1. The first kappa shape index (κ1) is 13.2. The minimum absolute atomic E-state index is 0.0230. The van der Waals surface area contributed by atoms with Gasteiger partial charge in [-0.05, 0) is 27.2 Å². The van der Waals surface area contributed by atoms with Crippen LogP contribution < -0.4 is 5.32 Å². The van der Waals surface area contributed by atoms with Crippen molar-refractivity contribution in [1.29, 1.82) is 0 Å². The average molecular weight is 203 g/mol. The summed E-state index contributed by atoms with van der Waals surface area (Å²) in [5.74, 6) is 0. The zero-order valence-corrected chi connectivity index (χ0v) is 9.72. The first-order valence-corrected chi connectivity index (χ1v) is 4.87. The highest BCUT2D eigenvalue weighted by Crippen LogP contribution is 2.07. The molecule has 0 aromatic heterocycles. The van der Waals surface area contributed by atoms with Crippen LogP contribution in [-0.2, 0) is 9.47 Å². The third-order valence-electron chi connectivity index (χ3n) is 1.58. The molecule has 4 nitrogen and oxygen atoms in total. The number of hydrogen-bond donors (Lipinski definition) is 1. The van der Waals surface area contributed by atoms with Gasteiger partial charge >= 0.3 is 6.09 Å². The van der Waals surface area contributed by atoms with E-state index in [9.17, 15) is 4.79 Å². The molecular weight excluding hydrogens is 182 g/mol. The van der Waals surface area contributed by atoms with Gasteiger partial charge in [-0.15, -0.1) is 0 Å². The lowest BCUT2D eigenvalue weighted by atomic mass is 10.2. The highest BCUT2D eigenvalue weighted by Gasteiger charge is 2.18. The van der Waals surface area contributed by atoms with E-state index >= 15 is 0 Å². The van der Waals surface area contributed by atoms with E-state index in [-0.39, 0.29) is 12.1 Å². The Labute approximate surface area is 86.0 Å². The van der Waals surface area contributed by atoms with E-state index < -0.39 is 5.60 Å². The molecule has 0 saturated carbocycles. The molecule has 0 aromatic rings. The lowest BCUT2D eigenvalue weighted by molar-refractivity contribution is 0.0467. The van der Waals surface area contributed by atoms with Crippen LogP contribution in [0.15, 0.2) is 0 Å². The van der Waals surface area contributed by atoms with Crippen molar-refractivity contribution in [2.24, 2.45) is 0 Å². The zero-order chi connectivity index (χ0) is 11.2. The number of carbonyl (C=O) groups is 1. The summed E-state index contributed by atoms with van der Waals surface area (Å²) in [7, 11) is 1.61. The summed E-state index contributed by atoms with van der Waals surface area (Å²) in [4.78, 5) is 11.3. The van der Waals surface area contributed by atoms with Gasteiger partial charge < -0.3 is 14.8 Å². The number of rotatable bonds is 4. The second-order valence-corrected chi connectivity index (χ2v) is 4.21. The molecule has 0 rings (SSSR count). The quantitative estimate of drug-likeness (QED) is 0.759. The predicted molar refractivity (Wildman–Crippen MR) is 55.3 cm³/mol. The normalized spacial score (nSPS) is 13.5. The Kier molecular flexibility index (Phi) is 5.53. The van der Waals surface area contributed by atoms with Gasteiger partial charge in [0.2, 0.25) is 0 Å². The van der Waals surface area contributed by atoms with Gasteiger partial charge in [-0.2, -0.15) is 0 Å². The maximum Gasteiger partial charge on any atom is 0.407 e. The highest BCUT2D eigenvalue weighted by molar-refractivity contribution is 5.68. The van der Waals surface area contributed by atoms with Crippen molar-refractivity contribution < 1.29 is 14.3 Å². The van der Waals surface area contributed by atoms with Crippen molar-refractivity contribution in [3.63, 3.8) is 0 Å². The topological polar surface area (TPSA) is 47.6 Å². The molecule has 14 heavy (non-hydrogen) atoms. The number of ether oxygens (including phenoxy) is 2. The predicted octanol–water partition coefficient (Wildman–Crippen LogP) is 1.94. The molecule has 1 unspecified atom stereocenters. The van der Waals surface area contributed by atoms with E-state index in [1.807, 2.05) is 27.7 Å². The molecule has 0 radical (unpaired) electrons. The molecule has 1 amide bonds. The fourth-order valence-corrected chi connectivity index (χ4v) is 0.937. The van der Waals surface area contributed by atoms with Crippen LogP contribution in [0.25, 0.3) is 0 Å². The fraction of sp³-hybridized carbons (Fsp3) is 0.900. The Morgan fingerprint density at radius 2 is 2.00 bits per heavy atom. The van der Waals surface area contributed by atoms with Gasteiger partial charge in [-0.3, -0.25) is 0 Å². The molecule has 0 aliphatic carbocycles. The van der Waals surface area contributed by atoms with Crippen LogP contribution in [0.3, 0.4) is 0 Å².